The van der Waals surface area contributed by atoms with Gasteiger partial charge in [-0.25, -0.2) is 12.8 Å². The number of rotatable bonds is 10. The molecule has 1 heterocycles. The van der Waals surface area contributed by atoms with Crippen LogP contribution in [0.15, 0.2) is 47.4 Å². The number of anilines is 1. The number of halogens is 1. The van der Waals surface area contributed by atoms with Crippen LogP contribution in [0.1, 0.15) is 39.2 Å². The van der Waals surface area contributed by atoms with Crippen molar-refractivity contribution in [2.75, 3.05) is 38.1 Å². The molecule has 2 aromatic rings. The van der Waals surface area contributed by atoms with Gasteiger partial charge in [-0.15, -0.1) is 0 Å². The Morgan fingerprint density at radius 3 is 2.62 bits per heavy atom. The lowest BCUT2D eigenvalue weighted by atomic mass is 9.96. The van der Waals surface area contributed by atoms with Crippen LogP contribution in [0.25, 0.3) is 0 Å². The number of amides is 1. The molecule has 3 rings (SSSR count). The van der Waals surface area contributed by atoms with E-state index in [1.165, 1.54) is 22.5 Å². The minimum atomic E-state index is -3.77. The minimum absolute atomic E-state index is 0.0484. The van der Waals surface area contributed by atoms with Crippen LogP contribution in [-0.4, -0.2) is 56.3 Å². The number of hydrogen-bond acceptors (Lipinski definition) is 5. The summed E-state index contributed by atoms with van der Waals surface area (Å²) < 4.78 is 46.8. The molecule has 0 radical (unpaired) electrons. The summed E-state index contributed by atoms with van der Waals surface area (Å²) in [5.41, 5.74) is 1.29. The van der Waals surface area contributed by atoms with Gasteiger partial charge in [-0.2, -0.15) is 4.31 Å². The predicted octanol–water partition coefficient (Wildman–Crippen LogP) is 4.11. The molecule has 186 valence electrons. The largest absolute Gasteiger partial charge is 0.492 e. The molecule has 1 saturated heterocycles. The number of carbonyl (C=O) groups excluding carboxylic acids is 1. The van der Waals surface area contributed by atoms with Crippen molar-refractivity contribution in [2.24, 2.45) is 5.92 Å². The van der Waals surface area contributed by atoms with E-state index in [1.54, 1.807) is 39.0 Å². The number of sulfonamides is 1. The number of carbonyl (C=O) groups is 1. The molecule has 0 bridgehead atoms. The van der Waals surface area contributed by atoms with Gasteiger partial charge in [0.15, 0.2) is 0 Å². The summed E-state index contributed by atoms with van der Waals surface area (Å²) in [6.07, 6.45) is 1.60. The van der Waals surface area contributed by atoms with Crippen LogP contribution in [0.5, 0.6) is 5.75 Å². The van der Waals surface area contributed by atoms with Crippen LogP contribution in [0.4, 0.5) is 10.1 Å². The fourth-order valence-corrected chi connectivity index (χ4v) is 5.93. The molecule has 1 N–H and O–H groups in total. The van der Waals surface area contributed by atoms with Gasteiger partial charge in [-0.1, -0.05) is 26.0 Å². The lowest BCUT2D eigenvalue weighted by molar-refractivity contribution is -0.121. The van der Waals surface area contributed by atoms with Gasteiger partial charge >= 0.3 is 0 Å². The molecule has 1 unspecified atom stereocenters. The van der Waals surface area contributed by atoms with Gasteiger partial charge in [0, 0.05) is 31.9 Å². The maximum Gasteiger partial charge on any atom is 0.246 e. The maximum absolute atomic E-state index is 13.5. The Balaban J connectivity index is 1.74. The molecule has 2 aromatic carbocycles. The molecule has 1 fully saturated rings. The van der Waals surface area contributed by atoms with Crippen molar-refractivity contribution in [1.29, 1.82) is 0 Å². The van der Waals surface area contributed by atoms with E-state index in [4.69, 9.17) is 4.74 Å². The molecule has 9 heteroatoms. The van der Waals surface area contributed by atoms with Crippen molar-refractivity contribution in [2.45, 2.75) is 45.1 Å². The van der Waals surface area contributed by atoms with E-state index >= 15 is 0 Å². The second-order valence-corrected chi connectivity index (χ2v) is 10.3. The molecule has 0 saturated carbocycles. The van der Waals surface area contributed by atoms with Gasteiger partial charge in [-0.3, -0.25) is 9.69 Å². The van der Waals surface area contributed by atoms with E-state index in [1.807, 2.05) is 6.07 Å². The SMILES string of the molecule is CCOc1ccc(NC(=O)C2CCCN(Cc3cccc(F)c3)C2)cc1S(=O)(=O)N(CC)CC. The third-order valence-corrected chi connectivity index (χ3v) is 8.08. The molecule has 1 aliphatic heterocycles. The fraction of sp³-hybridized carbons (Fsp3) is 0.480. The number of likely N-dealkylation sites (tertiary alicyclic amines) is 1. The third-order valence-electron chi connectivity index (χ3n) is 6.01. The number of nitrogens with zero attached hydrogens (tertiary/aromatic N) is 2. The Morgan fingerprint density at radius 1 is 1.18 bits per heavy atom. The van der Waals surface area contributed by atoms with Crippen LogP contribution in [-0.2, 0) is 21.4 Å². The number of piperidine rings is 1. The molecule has 0 spiro atoms. The van der Waals surface area contributed by atoms with Gasteiger partial charge in [0.1, 0.15) is 16.5 Å². The van der Waals surface area contributed by atoms with Crippen molar-refractivity contribution in [3.05, 3.63) is 53.8 Å². The first kappa shape index (κ1) is 26.1. The minimum Gasteiger partial charge on any atom is -0.492 e. The van der Waals surface area contributed by atoms with Crippen molar-refractivity contribution < 1.29 is 22.3 Å². The van der Waals surface area contributed by atoms with E-state index < -0.39 is 10.0 Å². The van der Waals surface area contributed by atoms with Crippen LogP contribution < -0.4 is 10.1 Å². The zero-order valence-electron chi connectivity index (χ0n) is 20.1. The number of hydrogen-bond donors (Lipinski definition) is 1. The van der Waals surface area contributed by atoms with Gasteiger partial charge in [0.2, 0.25) is 15.9 Å². The highest BCUT2D eigenvalue weighted by molar-refractivity contribution is 7.89. The Hall–Kier alpha value is -2.49. The van der Waals surface area contributed by atoms with E-state index in [2.05, 4.69) is 10.2 Å². The Morgan fingerprint density at radius 2 is 1.94 bits per heavy atom. The molecule has 7 nitrogen and oxygen atoms in total. The van der Waals surface area contributed by atoms with E-state index in [9.17, 15) is 17.6 Å². The normalized spacial score (nSPS) is 17.0. The van der Waals surface area contributed by atoms with Crippen LogP contribution in [0.2, 0.25) is 0 Å². The summed E-state index contributed by atoms with van der Waals surface area (Å²) in [6, 6.07) is 11.2. The topological polar surface area (TPSA) is 79.0 Å². The second kappa shape index (κ2) is 11.8. The highest BCUT2D eigenvalue weighted by atomic mass is 32.2. The quantitative estimate of drug-likeness (QED) is 0.541. The summed E-state index contributed by atoms with van der Waals surface area (Å²) in [5, 5.41) is 2.90. The van der Waals surface area contributed by atoms with E-state index in [-0.39, 0.29) is 28.3 Å². The summed E-state index contributed by atoms with van der Waals surface area (Å²) in [4.78, 5) is 15.2. The zero-order valence-corrected chi connectivity index (χ0v) is 20.9. The van der Waals surface area contributed by atoms with Gasteiger partial charge in [-0.05, 0) is 62.2 Å². The molecular weight excluding hydrogens is 457 g/mol. The standard InChI is InChI=1S/C25H34FN3O4S/c1-4-29(5-2)34(31,32)24-16-22(12-13-23(24)33-6-3)27-25(30)20-10-8-14-28(18-20)17-19-9-7-11-21(26)15-19/h7,9,11-13,15-16,20H,4-6,8,10,14,17-18H2,1-3H3,(H,27,30). The second-order valence-electron chi connectivity index (χ2n) is 8.38. The van der Waals surface area contributed by atoms with Crippen molar-refractivity contribution in [3.63, 3.8) is 0 Å². The van der Waals surface area contributed by atoms with Gasteiger partial charge in [0.05, 0.1) is 12.5 Å². The Labute approximate surface area is 201 Å². The lowest BCUT2D eigenvalue weighted by Crippen LogP contribution is -2.40. The molecule has 34 heavy (non-hydrogen) atoms. The van der Waals surface area contributed by atoms with Crippen molar-refractivity contribution >= 4 is 21.6 Å². The molecule has 0 aliphatic carbocycles. The third kappa shape index (κ3) is 6.34. The van der Waals surface area contributed by atoms with Crippen molar-refractivity contribution in [3.8, 4) is 5.75 Å². The first-order chi connectivity index (χ1) is 16.3. The lowest BCUT2D eigenvalue weighted by Gasteiger charge is -2.32. The Bertz CT molecular complexity index is 1090. The molecule has 1 aliphatic rings. The average Bonchev–Trinajstić information content (AvgIpc) is 2.81. The fourth-order valence-electron chi connectivity index (χ4n) is 4.32. The number of benzene rings is 2. The number of nitrogens with one attached hydrogen (secondary N) is 1. The molecule has 0 aromatic heterocycles. The van der Waals surface area contributed by atoms with Gasteiger partial charge in [0.25, 0.3) is 0 Å². The Kier molecular flexibility index (Phi) is 9.04. The maximum atomic E-state index is 13.5. The summed E-state index contributed by atoms with van der Waals surface area (Å²) in [7, 11) is -3.77. The number of ether oxygens (including phenoxy) is 1. The van der Waals surface area contributed by atoms with Crippen LogP contribution in [0, 0.1) is 11.7 Å². The highest BCUT2D eigenvalue weighted by Gasteiger charge is 2.28. The highest BCUT2D eigenvalue weighted by Crippen LogP contribution is 2.30. The van der Waals surface area contributed by atoms with Crippen LogP contribution >= 0.6 is 0 Å². The zero-order chi connectivity index (χ0) is 24.7. The smallest absolute Gasteiger partial charge is 0.246 e. The summed E-state index contributed by atoms with van der Waals surface area (Å²) >= 11 is 0. The van der Waals surface area contributed by atoms with Crippen molar-refractivity contribution in [1.82, 2.24) is 9.21 Å². The monoisotopic (exact) mass is 491 g/mol. The van der Waals surface area contributed by atoms with Crippen LogP contribution in [0.3, 0.4) is 0 Å². The molecule has 1 amide bonds. The summed E-state index contributed by atoms with van der Waals surface area (Å²) in [5.74, 6) is -0.392. The summed E-state index contributed by atoms with van der Waals surface area (Å²) in [6.45, 7) is 8.35. The molecular formula is C25H34FN3O4S. The first-order valence-corrected chi connectivity index (χ1v) is 13.3. The van der Waals surface area contributed by atoms with E-state index in [0.717, 1.165) is 24.9 Å². The first-order valence-electron chi connectivity index (χ1n) is 11.8. The van der Waals surface area contributed by atoms with Gasteiger partial charge < -0.3 is 10.1 Å². The predicted molar refractivity (Wildman–Crippen MR) is 131 cm³/mol. The van der Waals surface area contributed by atoms with E-state index in [0.29, 0.717) is 38.5 Å². The average molecular weight is 492 g/mol. The molecule has 1 atom stereocenters.